The molecule has 0 saturated heterocycles. The van der Waals surface area contributed by atoms with E-state index >= 15 is 0 Å². The minimum Gasteiger partial charge on any atom is -0.375 e. The summed E-state index contributed by atoms with van der Waals surface area (Å²) in [6.45, 7) is 1.91. The molecule has 0 amide bonds. The zero-order valence-corrected chi connectivity index (χ0v) is 8.27. The summed E-state index contributed by atoms with van der Waals surface area (Å²) < 4.78 is 26.8. The average Bonchev–Trinajstić information content (AvgIpc) is 2.90. The molecular weight excluding hydrogens is 198 g/mol. The molecule has 1 aromatic rings. The lowest BCUT2D eigenvalue weighted by Gasteiger charge is -2.14. The van der Waals surface area contributed by atoms with Crippen molar-refractivity contribution in [1.29, 1.82) is 5.26 Å². The van der Waals surface area contributed by atoms with Crippen LogP contribution in [0.2, 0.25) is 0 Å². The summed E-state index contributed by atoms with van der Waals surface area (Å²) in [5, 5.41) is 11.3. The Balaban J connectivity index is 2.35. The van der Waals surface area contributed by atoms with Gasteiger partial charge in [-0.3, -0.25) is 0 Å². The SMILES string of the molecule is CC1(Nc2c(F)cc(C#N)cc2F)CC1. The monoisotopic (exact) mass is 208 g/mol. The molecule has 2 nitrogen and oxygen atoms in total. The van der Waals surface area contributed by atoms with Gasteiger partial charge in [-0.15, -0.1) is 0 Å². The first kappa shape index (κ1) is 9.91. The predicted molar refractivity (Wildman–Crippen MR) is 52.3 cm³/mol. The second-order valence-corrected chi connectivity index (χ2v) is 4.11. The van der Waals surface area contributed by atoms with Crippen LogP contribution in [0.1, 0.15) is 25.3 Å². The van der Waals surface area contributed by atoms with Crippen molar-refractivity contribution in [3.63, 3.8) is 0 Å². The van der Waals surface area contributed by atoms with Crippen molar-refractivity contribution in [3.05, 3.63) is 29.3 Å². The van der Waals surface area contributed by atoms with Crippen LogP contribution in [0, 0.1) is 23.0 Å². The fraction of sp³-hybridized carbons (Fsp3) is 0.364. The Kier molecular flexibility index (Phi) is 2.11. The lowest BCUT2D eigenvalue weighted by atomic mass is 10.2. The molecule has 1 saturated carbocycles. The fourth-order valence-electron chi connectivity index (χ4n) is 1.37. The molecule has 0 radical (unpaired) electrons. The van der Waals surface area contributed by atoms with Crippen LogP contribution in [0.4, 0.5) is 14.5 Å². The second kappa shape index (κ2) is 3.20. The highest BCUT2D eigenvalue weighted by Crippen LogP contribution is 2.39. The largest absolute Gasteiger partial charge is 0.375 e. The maximum Gasteiger partial charge on any atom is 0.150 e. The lowest BCUT2D eigenvalue weighted by Crippen LogP contribution is -2.18. The highest BCUT2D eigenvalue weighted by Gasteiger charge is 2.38. The Morgan fingerprint density at radius 3 is 2.27 bits per heavy atom. The van der Waals surface area contributed by atoms with Crippen molar-refractivity contribution in [2.75, 3.05) is 5.32 Å². The number of hydrogen-bond donors (Lipinski definition) is 1. The fourth-order valence-corrected chi connectivity index (χ4v) is 1.37. The Bertz CT molecular complexity index is 421. The number of rotatable bonds is 2. The van der Waals surface area contributed by atoms with Crippen LogP contribution in [0.3, 0.4) is 0 Å². The van der Waals surface area contributed by atoms with Crippen molar-refractivity contribution >= 4 is 5.69 Å². The zero-order valence-electron chi connectivity index (χ0n) is 8.27. The summed E-state index contributed by atoms with van der Waals surface area (Å²) in [4.78, 5) is 0. The molecule has 1 fully saturated rings. The van der Waals surface area contributed by atoms with E-state index in [1.807, 2.05) is 6.92 Å². The second-order valence-electron chi connectivity index (χ2n) is 4.11. The number of nitriles is 1. The smallest absolute Gasteiger partial charge is 0.150 e. The van der Waals surface area contributed by atoms with Crippen molar-refractivity contribution in [3.8, 4) is 6.07 Å². The van der Waals surface area contributed by atoms with E-state index in [9.17, 15) is 8.78 Å². The third kappa shape index (κ3) is 1.91. The quantitative estimate of drug-likeness (QED) is 0.811. The van der Waals surface area contributed by atoms with E-state index in [4.69, 9.17) is 5.26 Å². The molecule has 0 heterocycles. The molecule has 78 valence electrons. The van der Waals surface area contributed by atoms with Gasteiger partial charge in [-0.2, -0.15) is 5.26 Å². The molecule has 0 unspecified atom stereocenters. The van der Waals surface area contributed by atoms with Gasteiger partial charge in [0, 0.05) is 5.54 Å². The molecule has 1 N–H and O–H groups in total. The van der Waals surface area contributed by atoms with Crippen LogP contribution in [0.5, 0.6) is 0 Å². The van der Waals surface area contributed by atoms with Gasteiger partial charge in [0.1, 0.15) is 5.69 Å². The predicted octanol–water partition coefficient (Wildman–Crippen LogP) is 2.80. The van der Waals surface area contributed by atoms with Crippen LogP contribution in [-0.4, -0.2) is 5.54 Å². The summed E-state index contributed by atoms with van der Waals surface area (Å²) in [6.07, 6.45) is 1.82. The summed E-state index contributed by atoms with van der Waals surface area (Å²) in [7, 11) is 0. The Morgan fingerprint density at radius 2 is 1.87 bits per heavy atom. The molecule has 15 heavy (non-hydrogen) atoms. The van der Waals surface area contributed by atoms with Crippen molar-refractivity contribution in [1.82, 2.24) is 0 Å². The van der Waals surface area contributed by atoms with E-state index in [1.54, 1.807) is 6.07 Å². The average molecular weight is 208 g/mol. The first-order chi connectivity index (χ1) is 7.04. The van der Waals surface area contributed by atoms with Crippen molar-refractivity contribution in [2.45, 2.75) is 25.3 Å². The third-order valence-corrected chi connectivity index (χ3v) is 2.60. The molecule has 1 aliphatic carbocycles. The van der Waals surface area contributed by atoms with E-state index < -0.39 is 11.6 Å². The molecule has 4 heteroatoms. The topological polar surface area (TPSA) is 35.8 Å². The van der Waals surface area contributed by atoms with E-state index in [0.29, 0.717) is 0 Å². The van der Waals surface area contributed by atoms with Crippen molar-refractivity contribution in [2.24, 2.45) is 0 Å². The van der Waals surface area contributed by atoms with Gasteiger partial charge in [-0.25, -0.2) is 8.78 Å². The summed E-state index contributed by atoms with van der Waals surface area (Å²) in [5.74, 6) is -1.42. The molecule has 0 atom stereocenters. The van der Waals surface area contributed by atoms with Crippen LogP contribution >= 0.6 is 0 Å². The highest BCUT2D eigenvalue weighted by molar-refractivity contribution is 5.52. The van der Waals surface area contributed by atoms with Gasteiger partial charge < -0.3 is 5.32 Å². The minimum atomic E-state index is -0.709. The maximum absolute atomic E-state index is 13.4. The summed E-state index contributed by atoms with van der Waals surface area (Å²) in [5.41, 5.74) is -0.318. The van der Waals surface area contributed by atoms with Crippen LogP contribution in [-0.2, 0) is 0 Å². The van der Waals surface area contributed by atoms with E-state index in [1.165, 1.54) is 0 Å². The molecule has 0 bridgehead atoms. The number of anilines is 1. The number of halogens is 2. The van der Waals surface area contributed by atoms with Gasteiger partial charge in [0.25, 0.3) is 0 Å². The number of nitrogens with one attached hydrogen (secondary N) is 1. The summed E-state index contributed by atoms with van der Waals surface area (Å²) in [6, 6.07) is 3.78. The number of hydrogen-bond acceptors (Lipinski definition) is 2. The standard InChI is InChI=1S/C11H10F2N2/c1-11(2-3-11)15-10-8(12)4-7(6-14)5-9(10)13/h4-5,15H,2-3H2,1H3. The van der Waals surface area contributed by atoms with Gasteiger partial charge in [0.2, 0.25) is 0 Å². The van der Waals surface area contributed by atoms with Gasteiger partial charge in [-0.1, -0.05) is 0 Å². The molecule has 0 aromatic heterocycles. The van der Waals surface area contributed by atoms with E-state index in [2.05, 4.69) is 5.32 Å². The lowest BCUT2D eigenvalue weighted by molar-refractivity contribution is 0.581. The molecular formula is C11H10F2N2. The molecule has 1 aliphatic rings. The molecule has 0 aliphatic heterocycles. The Labute approximate surface area is 86.5 Å². The third-order valence-electron chi connectivity index (χ3n) is 2.60. The van der Waals surface area contributed by atoms with E-state index in [0.717, 1.165) is 25.0 Å². The molecule has 0 spiro atoms. The van der Waals surface area contributed by atoms with Gasteiger partial charge in [0.05, 0.1) is 11.6 Å². The molecule has 1 aromatic carbocycles. The van der Waals surface area contributed by atoms with Gasteiger partial charge in [-0.05, 0) is 31.9 Å². The summed E-state index contributed by atoms with van der Waals surface area (Å²) >= 11 is 0. The molecule has 2 rings (SSSR count). The minimum absolute atomic E-state index is 0.00324. The maximum atomic E-state index is 13.4. The van der Waals surface area contributed by atoms with Crippen LogP contribution < -0.4 is 5.32 Å². The Hall–Kier alpha value is -1.63. The van der Waals surface area contributed by atoms with Crippen molar-refractivity contribution < 1.29 is 8.78 Å². The number of benzene rings is 1. The zero-order chi connectivity index (χ0) is 11.1. The van der Waals surface area contributed by atoms with Crippen LogP contribution in [0.15, 0.2) is 12.1 Å². The van der Waals surface area contributed by atoms with Gasteiger partial charge in [0.15, 0.2) is 11.6 Å². The number of nitrogens with zero attached hydrogens (tertiary/aromatic N) is 1. The highest BCUT2D eigenvalue weighted by atomic mass is 19.1. The normalized spacial score (nSPS) is 16.9. The Morgan fingerprint density at radius 1 is 1.33 bits per heavy atom. The first-order valence-corrected chi connectivity index (χ1v) is 4.71. The van der Waals surface area contributed by atoms with E-state index in [-0.39, 0.29) is 16.8 Å². The van der Waals surface area contributed by atoms with Crippen LogP contribution in [0.25, 0.3) is 0 Å². The van der Waals surface area contributed by atoms with Gasteiger partial charge >= 0.3 is 0 Å². The first-order valence-electron chi connectivity index (χ1n) is 4.71.